The van der Waals surface area contributed by atoms with Gasteiger partial charge in [-0.2, -0.15) is 0 Å². The summed E-state index contributed by atoms with van der Waals surface area (Å²) in [6.07, 6.45) is 1.82. The highest BCUT2D eigenvalue weighted by molar-refractivity contribution is 5.95. The van der Waals surface area contributed by atoms with Gasteiger partial charge in [-0.15, -0.1) is 0 Å². The van der Waals surface area contributed by atoms with Crippen molar-refractivity contribution in [2.75, 3.05) is 0 Å². The van der Waals surface area contributed by atoms with E-state index < -0.39 is 0 Å². The second-order valence-corrected chi connectivity index (χ2v) is 4.53. The van der Waals surface area contributed by atoms with Crippen LogP contribution in [-0.4, -0.2) is 4.98 Å². The van der Waals surface area contributed by atoms with Crippen LogP contribution in [0.1, 0.15) is 0 Å². The SMILES string of the molecule is c1ccc2oc(-c3nccc4ccccc34)cc2c1. The molecule has 0 saturated heterocycles. The molecule has 0 saturated carbocycles. The molecule has 0 atom stereocenters. The molecule has 4 aromatic rings. The van der Waals surface area contributed by atoms with Gasteiger partial charge < -0.3 is 4.42 Å². The van der Waals surface area contributed by atoms with Crippen molar-refractivity contribution in [1.29, 1.82) is 0 Å². The Balaban J connectivity index is 2.03. The van der Waals surface area contributed by atoms with Crippen LogP contribution in [-0.2, 0) is 0 Å². The first-order valence-corrected chi connectivity index (χ1v) is 6.24. The van der Waals surface area contributed by atoms with E-state index in [1.165, 1.54) is 5.39 Å². The average molecular weight is 245 g/mol. The number of hydrogen-bond acceptors (Lipinski definition) is 2. The molecule has 90 valence electrons. The van der Waals surface area contributed by atoms with E-state index >= 15 is 0 Å². The summed E-state index contributed by atoms with van der Waals surface area (Å²) in [5, 5.41) is 3.39. The van der Waals surface area contributed by atoms with E-state index in [1.807, 2.05) is 54.7 Å². The largest absolute Gasteiger partial charge is 0.454 e. The van der Waals surface area contributed by atoms with Gasteiger partial charge in [0, 0.05) is 17.0 Å². The Kier molecular flexibility index (Phi) is 2.15. The first kappa shape index (κ1) is 10.3. The minimum absolute atomic E-state index is 0.818. The van der Waals surface area contributed by atoms with Crippen LogP contribution in [0, 0.1) is 0 Å². The average Bonchev–Trinajstić information content (AvgIpc) is 2.90. The van der Waals surface area contributed by atoms with Crippen LogP contribution in [0.3, 0.4) is 0 Å². The Morgan fingerprint density at radius 3 is 2.47 bits per heavy atom. The molecular formula is C17H11NO. The van der Waals surface area contributed by atoms with E-state index in [9.17, 15) is 0 Å². The number of hydrogen-bond donors (Lipinski definition) is 0. The van der Waals surface area contributed by atoms with Crippen molar-refractivity contribution in [3.05, 3.63) is 66.9 Å². The van der Waals surface area contributed by atoms with Gasteiger partial charge in [-0.3, -0.25) is 4.98 Å². The third-order valence-corrected chi connectivity index (χ3v) is 3.33. The maximum atomic E-state index is 5.90. The lowest BCUT2D eigenvalue weighted by Gasteiger charge is -2.01. The molecule has 2 heterocycles. The summed E-state index contributed by atoms with van der Waals surface area (Å²) in [6, 6.07) is 20.3. The second-order valence-electron chi connectivity index (χ2n) is 4.53. The highest BCUT2D eigenvalue weighted by atomic mass is 16.3. The normalized spacial score (nSPS) is 11.2. The van der Waals surface area contributed by atoms with Crippen molar-refractivity contribution in [2.45, 2.75) is 0 Å². The Morgan fingerprint density at radius 2 is 1.58 bits per heavy atom. The predicted octanol–water partition coefficient (Wildman–Crippen LogP) is 4.65. The lowest BCUT2D eigenvalue weighted by Crippen LogP contribution is -1.83. The molecule has 0 bridgehead atoms. The highest BCUT2D eigenvalue weighted by Gasteiger charge is 2.10. The van der Waals surface area contributed by atoms with Gasteiger partial charge in [-0.25, -0.2) is 0 Å². The van der Waals surface area contributed by atoms with E-state index in [-0.39, 0.29) is 0 Å². The smallest absolute Gasteiger partial charge is 0.154 e. The Hall–Kier alpha value is -2.61. The molecule has 0 unspecified atom stereocenters. The standard InChI is InChI=1S/C17H11NO/c1-3-7-14-12(5-1)9-10-18-17(14)16-11-13-6-2-4-8-15(13)19-16/h1-11H. The molecule has 4 rings (SSSR count). The van der Waals surface area contributed by atoms with Gasteiger partial charge in [0.05, 0.1) is 0 Å². The molecule has 0 aliphatic rings. The fraction of sp³-hybridized carbons (Fsp3) is 0. The molecule has 0 aliphatic carbocycles. The van der Waals surface area contributed by atoms with Crippen LogP contribution < -0.4 is 0 Å². The van der Waals surface area contributed by atoms with Crippen molar-refractivity contribution in [2.24, 2.45) is 0 Å². The van der Waals surface area contributed by atoms with Crippen LogP contribution in [0.25, 0.3) is 33.2 Å². The Morgan fingerprint density at radius 1 is 0.789 bits per heavy atom. The molecule has 0 N–H and O–H groups in total. The summed E-state index contributed by atoms with van der Waals surface area (Å²) in [5.74, 6) is 0.818. The predicted molar refractivity (Wildman–Crippen MR) is 77.0 cm³/mol. The number of fused-ring (bicyclic) bond motifs is 2. The van der Waals surface area contributed by atoms with Gasteiger partial charge in [-0.05, 0) is 23.6 Å². The molecule has 2 heteroatoms. The van der Waals surface area contributed by atoms with Crippen molar-refractivity contribution in [3.63, 3.8) is 0 Å². The van der Waals surface area contributed by atoms with Crippen LogP contribution in [0.2, 0.25) is 0 Å². The number of benzene rings is 2. The van der Waals surface area contributed by atoms with Crippen molar-refractivity contribution in [3.8, 4) is 11.5 Å². The van der Waals surface area contributed by atoms with Crippen molar-refractivity contribution in [1.82, 2.24) is 4.98 Å². The second kappa shape index (κ2) is 3.95. The van der Waals surface area contributed by atoms with Crippen LogP contribution in [0.15, 0.2) is 71.3 Å². The molecule has 0 spiro atoms. The minimum atomic E-state index is 0.818. The van der Waals surface area contributed by atoms with Crippen LogP contribution >= 0.6 is 0 Å². The molecule has 0 radical (unpaired) electrons. The molecule has 2 nitrogen and oxygen atoms in total. The van der Waals surface area contributed by atoms with E-state index in [4.69, 9.17) is 4.42 Å². The third-order valence-electron chi connectivity index (χ3n) is 3.33. The summed E-state index contributed by atoms with van der Waals surface area (Å²) in [5.41, 5.74) is 1.79. The molecule has 2 aromatic heterocycles. The molecule has 0 amide bonds. The van der Waals surface area contributed by atoms with Crippen LogP contribution in [0.4, 0.5) is 0 Å². The summed E-state index contributed by atoms with van der Waals surface area (Å²) >= 11 is 0. The minimum Gasteiger partial charge on any atom is -0.454 e. The number of para-hydroxylation sites is 1. The molecule has 0 aliphatic heterocycles. The molecular weight excluding hydrogens is 234 g/mol. The Bertz CT molecular complexity index is 838. The lowest BCUT2D eigenvalue weighted by molar-refractivity contribution is 0.629. The van der Waals surface area contributed by atoms with Gasteiger partial charge in [0.25, 0.3) is 0 Å². The maximum absolute atomic E-state index is 5.90. The summed E-state index contributed by atoms with van der Waals surface area (Å²) in [4.78, 5) is 4.48. The number of nitrogens with zero attached hydrogens (tertiary/aromatic N) is 1. The van der Waals surface area contributed by atoms with Gasteiger partial charge in [0.2, 0.25) is 0 Å². The molecule has 2 aromatic carbocycles. The van der Waals surface area contributed by atoms with Gasteiger partial charge >= 0.3 is 0 Å². The van der Waals surface area contributed by atoms with E-state index in [0.29, 0.717) is 0 Å². The highest BCUT2D eigenvalue weighted by Crippen LogP contribution is 2.30. The molecule has 19 heavy (non-hydrogen) atoms. The van der Waals surface area contributed by atoms with Crippen molar-refractivity contribution < 1.29 is 4.42 Å². The summed E-state index contributed by atoms with van der Waals surface area (Å²) < 4.78 is 5.90. The quantitative estimate of drug-likeness (QED) is 0.488. The maximum Gasteiger partial charge on any atom is 0.154 e. The zero-order valence-electron chi connectivity index (χ0n) is 10.2. The summed E-state index contributed by atoms with van der Waals surface area (Å²) in [7, 11) is 0. The Labute approximate surface area is 110 Å². The topological polar surface area (TPSA) is 26.0 Å². The van der Waals surface area contributed by atoms with Gasteiger partial charge in [0.1, 0.15) is 11.3 Å². The van der Waals surface area contributed by atoms with E-state index in [0.717, 1.165) is 27.8 Å². The third kappa shape index (κ3) is 1.61. The van der Waals surface area contributed by atoms with E-state index in [2.05, 4.69) is 17.1 Å². The lowest BCUT2D eigenvalue weighted by atomic mass is 10.1. The van der Waals surface area contributed by atoms with Gasteiger partial charge in [-0.1, -0.05) is 42.5 Å². The van der Waals surface area contributed by atoms with E-state index in [1.54, 1.807) is 0 Å². The first-order valence-electron chi connectivity index (χ1n) is 6.24. The number of rotatable bonds is 1. The number of aromatic nitrogens is 1. The van der Waals surface area contributed by atoms with Crippen molar-refractivity contribution >= 4 is 21.7 Å². The van der Waals surface area contributed by atoms with Gasteiger partial charge in [0.15, 0.2) is 5.76 Å². The number of pyridine rings is 1. The fourth-order valence-corrected chi connectivity index (χ4v) is 2.41. The molecule has 0 fully saturated rings. The van der Waals surface area contributed by atoms with Crippen LogP contribution in [0.5, 0.6) is 0 Å². The first-order chi connectivity index (χ1) is 9.42. The zero-order valence-corrected chi connectivity index (χ0v) is 10.2. The fourth-order valence-electron chi connectivity index (χ4n) is 2.41. The number of furan rings is 1. The summed E-state index contributed by atoms with van der Waals surface area (Å²) in [6.45, 7) is 0. The monoisotopic (exact) mass is 245 g/mol. The zero-order chi connectivity index (χ0) is 12.7.